The van der Waals surface area contributed by atoms with Gasteiger partial charge in [0, 0.05) is 44.2 Å². The normalized spacial score (nSPS) is 11.4. The summed E-state index contributed by atoms with van der Waals surface area (Å²) in [5.74, 6) is 0. The van der Waals surface area contributed by atoms with E-state index in [-0.39, 0.29) is 0 Å². The molecule has 0 atom stereocenters. The van der Waals surface area contributed by atoms with Crippen LogP contribution in [-0.2, 0) is 24.8 Å². The van der Waals surface area contributed by atoms with Crippen molar-refractivity contribution in [3.8, 4) is 0 Å². The summed E-state index contributed by atoms with van der Waals surface area (Å²) in [6.45, 7) is 3.18. The second kappa shape index (κ2) is 5.95. The van der Waals surface area contributed by atoms with Crippen LogP contribution >= 0.6 is 15.9 Å². The Labute approximate surface area is 130 Å². The van der Waals surface area contributed by atoms with Gasteiger partial charge < -0.3 is 9.14 Å². The highest BCUT2D eigenvalue weighted by Crippen LogP contribution is 2.18. The third-order valence-corrected chi connectivity index (χ3v) is 3.79. The van der Waals surface area contributed by atoms with Crippen molar-refractivity contribution in [2.45, 2.75) is 20.0 Å². The largest absolute Gasteiger partial charge is 0.375 e. The van der Waals surface area contributed by atoms with Gasteiger partial charge in [0.1, 0.15) is 4.60 Å². The van der Waals surface area contributed by atoms with Crippen LogP contribution in [0.1, 0.15) is 23.9 Å². The van der Waals surface area contributed by atoms with Gasteiger partial charge in [0.25, 0.3) is 0 Å². The average molecular weight is 350 g/mol. The summed E-state index contributed by atoms with van der Waals surface area (Å²) in [5.41, 5.74) is 3.84. The summed E-state index contributed by atoms with van der Waals surface area (Å²) in [6.07, 6.45) is 8.48. The topological polar surface area (TPSA) is 57.2 Å². The van der Waals surface area contributed by atoms with E-state index < -0.39 is 0 Å². The highest BCUT2D eigenvalue weighted by Gasteiger charge is 2.09. The lowest BCUT2D eigenvalue weighted by Crippen LogP contribution is -1.97. The maximum Gasteiger partial charge on any atom is 0.155 e. The van der Waals surface area contributed by atoms with Gasteiger partial charge in [-0.15, -0.1) is 0 Å². The van der Waals surface area contributed by atoms with Crippen molar-refractivity contribution in [1.82, 2.24) is 24.1 Å². The van der Waals surface area contributed by atoms with Crippen LogP contribution in [0.2, 0.25) is 0 Å². The quantitative estimate of drug-likeness (QED) is 0.709. The van der Waals surface area contributed by atoms with Crippen molar-refractivity contribution in [2.24, 2.45) is 7.05 Å². The van der Waals surface area contributed by atoms with E-state index in [1.54, 1.807) is 10.9 Å². The summed E-state index contributed by atoms with van der Waals surface area (Å²) >= 11 is 3.46. The molecule has 0 unspecified atom stereocenters. The molecule has 0 fully saturated rings. The second-order valence-electron chi connectivity index (χ2n) is 4.81. The molecular formula is C14H16BrN5O. The number of hydrogen-bond donors (Lipinski definition) is 0. The van der Waals surface area contributed by atoms with Crippen LogP contribution in [-0.4, -0.2) is 30.8 Å². The summed E-state index contributed by atoms with van der Waals surface area (Å²) in [4.78, 5) is 8.93. The summed E-state index contributed by atoms with van der Waals surface area (Å²) < 4.78 is 10.0. The third kappa shape index (κ3) is 3.14. The predicted molar refractivity (Wildman–Crippen MR) is 82.0 cm³/mol. The Morgan fingerprint density at radius 1 is 1.24 bits per heavy atom. The highest BCUT2D eigenvalue weighted by molar-refractivity contribution is 9.10. The molecular weight excluding hydrogens is 334 g/mol. The van der Waals surface area contributed by atoms with Crippen LogP contribution < -0.4 is 0 Å². The molecule has 0 saturated heterocycles. The maximum atomic E-state index is 5.38. The second-order valence-corrected chi connectivity index (χ2v) is 5.56. The van der Waals surface area contributed by atoms with E-state index >= 15 is 0 Å². The number of fused-ring (bicyclic) bond motifs is 1. The highest BCUT2D eigenvalue weighted by atomic mass is 79.9. The fourth-order valence-corrected chi connectivity index (χ4v) is 2.68. The maximum absolute atomic E-state index is 5.38. The minimum atomic E-state index is 0.522. The van der Waals surface area contributed by atoms with Crippen molar-refractivity contribution in [3.63, 3.8) is 0 Å². The Kier molecular flexibility index (Phi) is 4.03. The zero-order chi connectivity index (χ0) is 14.8. The summed E-state index contributed by atoms with van der Waals surface area (Å²) in [7, 11) is 1.90. The number of imidazole rings is 1. The number of rotatable bonds is 5. The molecule has 0 aliphatic heterocycles. The van der Waals surface area contributed by atoms with Gasteiger partial charge >= 0.3 is 0 Å². The Hall–Kier alpha value is -1.73. The van der Waals surface area contributed by atoms with Gasteiger partial charge in [0.15, 0.2) is 5.65 Å². The molecule has 3 aromatic heterocycles. The first-order valence-corrected chi connectivity index (χ1v) is 7.53. The predicted octanol–water partition coefficient (Wildman–Crippen LogP) is 2.35. The van der Waals surface area contributed by atoms with Crippen LogP contribution in [0.5, 0.6) is 0 Å². The molecule has 0 aliphatic rings. The Balaban J connectivity index is 1.85. The van der Waals surface area contributed by atoms with Crippen molar-refractivity contribution in [1.29, 1.82) is 0 Å². The third-order valence-electron chi connectivity index (χ3n) is 3.12. The standard InChI is InChI=1S/C14H16BrN5O/c1-3-21-9-12-8-20-7-11(17-13(20)5-16-12)4-10-6-19(2)18-14(10)15/h5-8H,3-4,9H2,1-2H3. The fourth-order valence-electron chi connectivity index (χ4n) is 2.18. The molecule has 3 rings (SSSR count). The zero-order valence-electron chi connectivity index (χ0n) is 12.0. The van der Waals surface area contributed by atoms with Crippen molar-refractivity contribution >= 4 is 21.6 Å². The molecule has 3 heterocycles. The first-order chi connectivity index (χ1) is 10.2. The van der Waals surface area contributed by atoms with E-state index in [2.05, 4.69) is 31.0 Å². The first kappa shape index (κ1) is 14.2. The molecule has 3 aromatic rings. The smallest absolute Gasteiger partial charge is 0.155 e. The minimum Gasteiger partial charge on any atom is -0.375 e. The average Bonchev–Trinajstić information content (AvgIpc) is 2.99. The lowest BCUT2D eigenvalue weighted by atomic mass is 10.2. The van der Waals surface area contributed by atoms with E-state index in [1.165, 1.54) is 0 Å². The van der Waals surface area contributed by atoms with E-state index in [0.717, 1.165) is 33.6 Å². The molecule has 6 nitrogen and oxygen atoms in total. The van der Waals surface area contributed by atoms with Crippen molar-refractivity contribution in [3.05, 3.63) is 46.3 Å². The number of ether oxygens (including phenoxy) is 1. The zero-order valence-corrected chi connectivity index (χ0v) is 13.5. The van der Waals surface area contributed by atoms with Gasteiger partial charge in [0.2, 0.25) is 0 Å². The van der Waals surface area contributed by atoms with Crippen LogP contribution in [0.25, 0.3) is 5.65 Å². The van der Waals surface area contributed by atoms with Crippen molar-refractivity contribution in [2.75, 3.05) is 6.61 Å². The van der Waals surface area contributed by atoms with Crippen LogP contribution in [0.4, 0.5) is 0 Å². The molecule has 110 valence electrons. The molecule has 0 aromatic carbocycles. The molecule has 0 spiro atoms. The molecule has 0 saturated carbocycles. The van der Waals surface area contributed by atoms with Gasteiger partial charge in [-0.25, -0.2) is 4.98 Å². The minimum absolute atomic E-state index is 0.522. The SMILES string of the molecule is CCOCc1cn2cc(Cc3cn(C)nc3Br)nc2cn1. The molecule has 0 amide bonds. The summed E-state index contributed by atoms with van der Waals surface area (Å²) in [6, 6.07) is 0. The number of aryl methyl sites for hydroxylation is 1. The van der Waals surface area contributed by atoms with Gasteiger partial charge in [0.05, 0.1) is 24.2 Å². The van der Waals surface area contributed by atoms with E-state index in [0.29, 0.717) is 13.2 Å². The number of nitrogens with zero attached hydrogens (tertiary/aromatic N) is 5. The van der Waals surface area contributed by atoms with Gasteiger partial charge in [-0.1, -0.05) is 0 Å². The van der Waals surface area contributed by atoms with E-state index in [4.69, 9.17) is 4.74 Å². The molecule has 0 aliphatic carbocycles. The van der Waals surface area contributed by atoms with Gasteiger partial charge in [-0.2, -0.15) is 5.10 Å². The van der Waals surface area contributed by atoms with Gasteiger partial charge in [-0.05, 0) is 22.9 Å². The number of aromatic nitrogens is 5. The molecule has 0 bridgehead atoms. The Morgan fingerprint density at radius 2 is 2.05 bits per heavy atom. The monoisotopic (exact) mass is 349 g/mol. The fraction of sp³-hybridized carbons (Fsp3) is 0.357. The lowest BCUT2D eigenvalue weighted by molar-refractivity contribution is 0.131. The molecule has 0 N–H and O–H groups in total. The lowest BCUT2D eigenvalue weighted by Gasteiger charge is -2.00. The van der Waals surface area contributed by atoms with Crippen LogP contribution in [0.3, 0.4) is 0 Å². The number of hydrogen-bond acceptors (Lipinski definition) is 4. The van der Waals surface area contributed by atoms with Crippen LogP contribution in [0.15, 0.2) is 29.4 Å². The van der Waals surface area contributed by atoms with Crippen molar-refractivity contribution < 1.29 is 4.74 Å². The molecule has 0 radical (unpaired) electrons. The Bertz CT molecular complexity index is 764. The van der Waals surface area contributed by atoms with E-state index in [9.17, 15) is 0 Å². The summed E-state index contributed by atoms with van der Waals surface area (Å²) in [5, 5.41) is 4.28. The Morgan fingerprint density at radius 3 is 2.76 bits per heavy atom. The van der Waals surface area contributed by atoms with Gasteiger partial charge in [-0.3, -0.25) is 9.67 Å². The molecule has 7 heteroatoms. The van der Waals surface area contributed by atoms with E-state index in [1.807, 2.05) is 37.0 Å². The van der Waals surface area contributed by atoms with Crippen LogP contribution in [0, 0.1) is 0 Å². The number of halogens is 1. The first-order valence-electron chi connectivity index (χ1n) is 6.74. The molecule has 21 heavy (non-hydrogen) atoms.